The number of sulfonamides is 1. The fourth-order valence-corrected chi connectivity index (χ4v) is 6.98. The van der Waals surface area contributed by atoms with Crippen molar-refractivity contribution in [2.75, 3.05) is 5.32 Å². The smallest absolute Gasteiger partial charge is 0.407 e. The van der Waals surface area contributed by atoms with Crippen LogP contribution in [-0.4, -0.2) is 41.4 Å². The number of hydrogen-bond acceptors (Lipinski definition) is 8. The predicted octanol–water partition coefficient (Wildman–Crippen LogP) is 5.20. The van der Waals surface area contributed by atoms with E-state index in [4.69, 9.17) is 14.9 Å². The third-order valence-electron chi connectivity index (χ3n) is 6.90. The van der Waals surface area contributed by atoms with Crippen LogP contribution in [0.1, 0.15) is 75.0 Å². The molecule has 204 valence electrons. The Morgan fingerprint density at radius 3 is 2.55 bits per heavy atom. The van der Waals surface area contributed by atoms with E-state index in [9.17, 15) is 13.2 Å². The molecule has 0 bridgehead atoms. The molecule has 4 N–H and O–H groups in total. The van der Waals surface area contributed by atoms with Gasteiger partial charge in [0, 0.05) is 29.4 Å². The standard InChI is InChI=1S/C26H34N6O4S2/c1-15(2)36-26(33)31-18-6-4-17(5-7-18)25-29-16(3)24(37-25)22-11-8-19(12-23(22)38(27,34)35)30-20-13-28-32(14-20)21-9-10-21/h8,11-15,17-18,21,30H,4-7,9-10H2,1-3H3,(H,31,33)(H2,27,34,35)/t17-,18-. The van der Waals surface area contributed by atoms with Crippen LogP contribution in [0.4, 0.5) is 16.2 Å². The van der Waals surface area contributed by atoms with Crippen molar-refractivity contribution >= 4 is 38.8 Å². The Bertz CT molecular complexity index is 1420. The van der Waals surface area contributed by atoms with Gasteiger partial charge in [-0.2, -0.15) is 5.10 Å². The average molecular weight is 559 g/mol. The predicted molar refractivity (Wildman–Crippen MR) is 147 cm³/mol. The topological polar surface area (TPSA) is 141 Å². The highest BCUT2D eigenvalue weighted by Crippen LogP contribution is 2.42. The molecule has 0 saturated heterocycles. The summed E-state index contributed by atoms with van der Waals surface area (Å²) < 4.78 is 32.4. The van der Waals surface area contributed by atoms with Gasteiger partial charge in [0.25, 0.3) is 0 Å². The number of rotatable bonds is 8. The first kappa shape index (κ1) is 26.6. The molecule has 2 aliphatic carbocycles. The summed E-state index contributed by atoms with van der Waals surface area (Å²) in [5.41, 5.74) is 2.75. The molecule has 5 rings (SSSR count). The minimum absolute atomic E-state index is 0.0620. The maximum absolute atomic E-state index is 12.6. The van der Waals surface area contributed by atoms with E-state index < -0.39 is 10.0 Å². The molecule has 2 fully saturated rings. The number of nitrogens with zero attached hydrogens (tertiary/aromatic N) is 3. The molecule has 2 saturated carbocycles. The monoisotopic (exact) mass is 558 g/mol. The van der Waals surface area contributed by atoms with Gasteiger partial charge in [0.15, 0.2) is 0 Å². The highest BCUT2D eigenvalue weighted by Gasteiger charge is 2.28. The van der Waals surface area contributed by atoms with E-state index in [0.29, 0.717) is 17.3 Å². The van der Waals surface area contributed by atoms with Gasteiger partial charge in [-0.25, -0.2) is 23.3 Å². The van der Waals surface area contributed by atoms with Crippen LogP contribution in [0.5, 0.6) is 0 Å². The minimum Gasteiger partial charge on any atom is -0.447 e. The number of alkyl carbamates (subject to hydrolysis) is 1. The number of hydrogen-bond donors (Lipinski definition) is 3. The number of aromatic nitrogens is 3. The van der Waals surface area contributed by atoms with Gasteiger partial charge in [0.2, 0.25) is 10.0 Å². The lowest BCUT2D eigenvalue weighted by atomic mass is 9.86. The summed E-state index contributed by atoms with van der Waals surface area (Å²) in [5.74, 6) is 0.258. The van der Waals surface area contributed by atoms with Crippen LogP contribution in [-0.2, 0) is 14.8 Å². The second-order valence-corrected chi connectivity index (χ2v) is 13.0. The Kier molecular flexibility index (Phi) is 7.47. The van der Waals surface area contributed by atoms with Crippen LogP contribution in [0.25, 0.3) is 10.4 Å². The Labute approximate surface area is 227 Å². The number of benzene rings is 1. The number of carbonyl (C=O) groups is 1. The summed E-state index contributed by atoms with van der Waals surface area (Å²) in [6.45, 7) is 5.55. The number of carbonyl (C=O) groups excluding carboxylic acids is 1. The molecule has 12 heteroatoms. The molecular weight excluding hydrogens is 524 g/mol. The molecule has 0 atom stereocenters. The SMILES string of the molecule is Cc1nc([C@H]2CC[C@H](NC(=O)OC(C)C)CC2)sc1-c1ccc(Nc2cnn(C3CC3)c2)cc1S(N)(=O)=O. The summed E-state index contributed by atoms with van der Waals surface area (Å²) >= 11 is 1.52. The number of nitrogens with two attached hydrogens (primary N) is 1. The normalized spacial score (nSPS) is 19.9. The Balaban J connectivity index is 1.32. The second kappa shape index (κ2) is 10.7. The summed E-state index contributed by atoms with van der Waals surface area (Å²) in [7, 11) is -3.99. The Morgan fingerprint density at radius 1 is 1.16 bits per heavy atom. The first-order valence-electron chi connectivity index (χ1n) is 13.0. The van der Waals surface area contributed by atoms with Gasteiger partial charge < -0.3 is 15.4 Å². The zero-order valence-corrected chi connectivity index (χ0v) is 23.4. The maximum atomic E-state index is 12.6. The van der Waals surface area contributed by atoms with Crippen molar-refractivity contribution in [3.63, 3.8) is 0 Å². The van der Waals surface area contributed by atoms with E-state index in [1.807, 2.05) is 37.7 Å². The van der Waals surface area contributed by atoms with Gasteiger partial charge in [-0.1, -0.05) is 6.07 Å². The molecular formula is C26H34N6O4S2. The fourth-order valence-electron chi connectivity index (χ4n) is 4.87. The first-order valence-corrected chi connectivity index (χ1v) is 15.4. The van der Waals surface area contributed by atoms with E-state index in [0.717, 1.165) is 59.8 Å². The largest absolute Gasteiger partial charge is 0.447 e. The summed E-state index contributed by atoms with van der Waals surface area (Å²) in [5, 5.41) is 17.2. The van der Waals surface area contributed by atoms with E-state index in [1.54, 1.807) is 18.3 Å². The summed E-state index contributed by atoms with van der Waals surface area (Å²) in [6.07, 6.45) is 8.86. The van der Waals surface area contributed by atoms with E-state index in [1.165, 1.54) is 11.3 Å². The van der Waals surface area contributed by atoms with Crippen LogP contribution in [0.3, 0.4) is 0 Å². The highest BCUT2D eigenvalue weighted by atomic mass is 32.2. The van der Waals surface area contributed by atoms with Crippen molar-refractivity contribution in [2.24, 2.45) is 5.14 Å². The van der Waals surface area contributed by atoms with E-state index >= 15 is 0 Å². The van der Waals surface area contributed by atoms with Crippen molar-refractivity contribution in [3.05, 3.63) is 41.3 Å². The van der Waals surface area contributed by atoms with Crippen molar-refractivity contribution in [2.45, 2.75) is 88.3 Å². The number of thiazole rings is 1. The van der Waals surface area contributed by atoms with Crippen LogP contribution in [0, 0.1) is 6.92 Å². The summed E-state index contributed by atoms with van der Waals surface area (Å²) in [4.78, 5) is 17.6. The third-order valence-corrected chi connectivity index (χ3v) is 9.20. The van der Waals surface area contributed by atoms with Crippen LogP contribution < -0.4 is 15.8 Å². The zero-order chi connectivity index (χ0) is 27.0. The number of nitrogens with one attached hydrogen (secondary N) is 2. The quantitative estimate of drug-likeness (QED) is 0.345. The average Bonchev–Trinajstić information content (AvgIpc) is 3.47. The summed E-state index contributed by atoms with van der Waals surface area (Å²) in [6, 6.07) is 5.77. The Hall–Kier alpha value is -2.96. The number of amides is 1. The fraction of sp³-hybridized carbons (Fsp3) is 0.500. The molecule has 0 aliphatic heterocycles. The van der Waals surface area contributed by atoms with E-state index in [-0.39, 0.29) is 29.1 Å². The molecule has 0 spiro atoms. The molecule has 0 unspecified atom stereocenters. The first-order chi connectivity index (χ1) is 18.1. The van der Waals surface area contributed by atoms with E-state index in [2.05, 4.69) is 15.7 Å². The van der Waals surface area contributed by atoms with Crippen molar-refractivity contribution in [1.82, 2.24) is 20.1 Å². The number of ether oxygens (including phenoxy) is 1. The molecule has 3 aromatic rings. The number of primary sulfonamides is 1. The van der Waals surface area contributed by atoms with Crippen LogP contribution in [0.15, 0.2) is 35.5 Å². The van der Waals surface area contributed by atoms with Crippen molar-refractivity contribution < 1.29 is 17.9 Å². The zero-order valence-electron chi connectivity index (χ0n) is 21.8. The lowest BCUT2D eigenvalue weighted by Gasteiger charge is -2.28. The maximum Gasteiger partial charge on any atom is 0.407 e. The molecule has 1 amide bonds. The Morgan fingerprint density at radius 2 is 1.89 bits per heavy atom. The van der Waals surface area contributed by atoms with Crippen LogP contribution in [0.2, 0.25) is 0 Å². The lowest BCUT2D eigenvalue weighted by Crippen LogP contribution is -2.38. The molecule has 2 heterocycles. The third kappa shape index (κ3) is 6.19. The van der Waals surface area contributed by atoms with Crippen molar-refractivity contribution in [3.8, 4) is 10.4 Å². The molecule has 0 radical (unpaired) electrons. The molecule has 10 nitrogen and oxygen atoms in total. The molecule has 38 heavy (non-hydrogen) atoms. The molecule has 2 aromatic heterocycles. The second-order valence-electron chi connectivity index (χ2n) is 10.4. The van der Waals surface area contributed by atoms with Gasteiger partial charge in [-0.05, 0) is 71.4 Å². The van der Waals surface area contributed by atoms with Gasteiger partial charge in [0.1, 0.15) is 0 Å². The van der Waals surface area contributed by atoms with Crippen LogP contribution >= 0.6 is 11.3 Å². The highest BCUT2D eigenvalue weighted by molar-refractivity contribution is 7.89. The van der Waals surface area contributed by atoms with Gasteiger partial charge in [0.05, 0.1) is 44.5 Å². The minimum atomic E-state index is -3.99. The number of aryl methyl sites for hydroxylation is 1. The van der Waals surface area contributed by atoms with Gasteiger partial charge in [-0.3, -0.25) is 4.68 Å². The molecule has 2 aliphatic rings. The van der Waals surface area contributed by atoms with Gasteiger partial charge >= 0.3 is 6.09 Å². The molecule has 1 aromatic carbocycles. The lowest BCUT2D eigenvalue weighted by molar-refractivity contribution is 0.109. The van der Waals surface area contributed by atoms with Gasteiger partial charge in [-0.15, -0.1) is 11.3 Å². The van der Waals surface area contributed by atoms with Crippen molar-refractivity contribution in [1.29, 1.82) is 0 Å². The number of anilines is 2.